The molecule has 0 radical (unpaired) electrons. The number of nitrogens with two attached hydrogens (primary N) is 1. The number of hydrogen-bond acceptors (Lipinski definition) is 2. The van der Waals surface area contributed by atoms with E-state index < -0.39 is 0 Å². The summed E-state index contributed by atoms with van der Waals surface area (Å²) in [6.45, 7) is 0. The van der Waals surface area contributed by atoms with Crippen molar-refractivity contribution in [1.29, 1.82) is 0 Å². The van der Waals surface area contributed by atoms with Crippen molar-refractivity contribution in [3.05, 3.63) is 56.2 Å². The standard InChI is InChI=1S/C14H14ClNS/c15-11-6-4-9(5-7-11)14(16)13-8-10-2-1-3-12(10)17-13/h4-8,14H,1-3,16H2. The third-order valence-corrected chi connectivity index (χ3v) is 4.87. The predicted molar refractivity (Wildman–Crippen MR) is 73.8 cm³/mol. The molecule has 88 valence electrons. The molecule has 0 saturated heterocycles. The SMILES string of the molecule is NC(c1ccc(Cl)cc1)c1cc2c(s1)CCC2. The lowest BCUT2D eigenvalue weighted by Crippen LogP contribution is -2.09. The Morgan fingerprint density at radius 1 is 1.18 bits per heavy atom. The van der Waals surface area contributed by atoms with Crippen molar-refractivity contribution in [3.8, 4) is 0 Å². The molecule has 0 bridgehead atoms. The summed E-state index contributed by atoms with van der Waals surface area (Å²) >= 11 is 7.76. The summed E-state index contributed by atoms with van der Waals surface area (Å²) in [6, 6.07) is 10.1. The van der Waals surface area contributed by atoms with Gasteiger partial charge >= 0.3 is 0 Å². The Labute approximate surface area is 110 Å². The Morgan fingerprint density at radius 3 is 2.65 bits per heavy atom. The Balaban J connectivity index is 1.90. The van der Waals surface area contributed by atoms with Crippen LogP contribution in [-0.2, 0) is 12.8 Å². The molecule has 0 amide bonds. The minimum Gasteiger partial charge on any atom is -0.320 e. The molecule has 0 saturated carbocycles. The molecule has 2 N–H and O–H groups in total. The molecule has 0 spiro atoms. The number of halogens is 1. The molecule has 17 heavy (non-hydrogen) atoms. The molecule has 1 aromatic carbocycles. The zero-order chi connectivity index (χ0) is 11.8. The van der Waals surface area contributed by atoms with Crippen LogP contribution in [0, 0.1) is 0 Å². The van der Waals surface area contributed by atoms with E-state index in [4.69, 9.17) is 17.3 Å². The van der Waals surface area contributed by atoms with Crippen LogP contribution in [0.5, 0.6) is 0 Å². The summed E-state index contributed by atoms with van der Waals surface area (Å²) in [5, 5.41) is 0.759. The van der Waals surface area contributed by atoms with Crippen molar-refractivity contribution < 1.29 is 0 Å². The maximum absolute atomic E-state index is 6.29. The van der Waals surface area contributed by atoms with Gasteiger partial charge in [-0.05, 0) is 48.6 Å². The van der Waals surface area contributed by atoms with Crippen molar-refractivity contribution in [3.63, 3.8) is 0 Å². The molecule has 0 fully saturated rings. The fourth-order valence-corrected chi connectivity index (χ4v) is 3.75. The smallest absolute Gasteiger partial charge is 0.0646 e. The number of thiophene rings is 1. The highest BCUT2D eigenvalue weighted by atomic mass is 35.5. The summed E-state index contributed by atoms with van der Waals surface area (Å²) in [4.78, 5) is 2.81. The second-order valence-electron chi connectivity index (χ2n) is 4.48. The maximum Gasteiger partial charge on any atom is 0.0646 e. The molecule has 1 nitrogen and oxygen atoms in total. The van der Waals surface area contributed by atoms with Crippen LogP contribution in [0.4, 0.5) is 0 Å². The van der Waals surface area contributed by atoms with Gasteiger partial charge in [0.1, 0.15) is 0 Å². The highest BCUT2D eigenvalue weighted by Crippen LogP contribution is 2.35. The molecule has 1 aromatic heterocycles. The van der Waals surface area contributed by atoms with Gasteiger partial charge in [-0.2, -0.15) is 0 Å². The van der Waals surface area contributed by atoms with Crippen LogP contribution in [0.15, 0.2) is 30.3 Å². The van der Waals surface area contributed by atoms with E-state index in [2.05, 4.69) is 6.07 Å². The highest BCUT2D eigenvalue weighted by molar-refractivity contribution is 7.12. The average molecular weight is 264 g/mol. The Bertz CT molecular complexity index is 508. The third kappa shape index (κ3) is 2.13. The Hall–Kier alpha value is -0.830. The quantitative estimate of drug-likeness (QED) is 0.873. The molecule has 3 rings (SSSR count). The minimum absolute atomic E-state index is 0.0112. The van der Waals surface area contributed by atoms with Gasteiger partial charge in [0, 0.05) is 14.8 Å². The maximum atomic E-state index is 6.29. The number of aryl methyl sites for hydroxylation is 2. The van der Waals surface area contributed by atoms with Gasteiger partial charge < -0.3 is 5.73 Å². The zero-order valence-electron chi connectivity index (χ0n) is 9.45. The monoisotopic (exact) mass is 263 g/mol. The van der Waals surface area contributed by atoms with Gasteiger partial charge in [-0.25, -0.2) is 0 Å². The van der Waals surface area contributed by atoms with E-state index >= 15 is 0 Å². The summed E-state index contributed by atoms with van der Waals surface area (Å²) < 4.78 is 0. The minimum atomic E-state index is -0.0112. The van der Waals surface area contributed by atoms with Gasteiger partial charge in [-0.3, -0.25) is 0 Å². The van der Waals surface area contributed by atoms with Gasteiger partial charge in [-0.15, -0.1) is 11.3 Å². The lowest BCUT2D eigenvalue weighted by atomic mass is 10.1. The molecular weight excluding hydrogens is 250 g/mol. The van der Waals surface area contributed by atoms with E-state index in [9.17, 15) is 0 Å². The van der Waals surface area contributed by atoms with E-state index in [0.29, 0.717) is 0 Å². The van der Waals surface area contributed by atoms with Gasteiger partial charge in [0.2, 0.25) is 0 Å². The normalized spacial score (nSPS) is 15.9. The van der Waals surface area contributed by atoms with Crippen molar-refractivity contribution >= 4 is 22.9 Å². The van der Waals surface area contributed by atoms with Crippen molar-refractivity contribution in [2.24, 2.45) is 5.73 Å². The second kappa shape index (κ2) is 4.45. The third-order valence-electron chi connectivity index (χ3n) is 3.30. The molecule has 1 heterocycles. The fraction of sp³-hybridized carbons (Fsp3) is 0.286. The van der Waals surface area contributed by atoms with E-state index in [0.717, 1.165) is 10.6 Å². The largest absolute Gasteiger partial charge is 0.320 e. The topological polar surface area (TPSA) is 26.0 Å². The first-order valence-corrected chi connectivity index (χ1v) is 7.06. The molecule has 2 aromatic rings. The van der Waals surface area contributed by atoms with Crippen LogP contribution < -0.4 is 5.73 Å². The Kier molecular flexibility index (Phi) is 2.95. The number of rotatable bonds is 2. The van der Waals surface area contributed by atoms with Gasteiger partial charge in [0.05, 0.1) is 6.04 Å². The Morgan fingerprint density at radius 2 is 1.94 bits per heavy atom. The van der Waals surface area contributed by atoms with Gasteiger partial charge in [0.15, 0.2) is 0 Å². The average Bonchev–Trinajstić information content (AvgIpc) is 2.89. The lowest BCUT2D eigenvalue weighted by molar-refractivity contribution is 0.882. The van der Waals surface area contributed by atoms with Gasteiger partial charge in [0.25, 0.3) is 0 Å². The second-order valence-corrected chi connectivity index (χ2v) is 6.08. The number of hydrogen-bond donors (Lipinski definition) is 1. The summed E-state index contributed by atoms with van der Waals surface area (Å²) in [7, 11) is 0. The summed E-state index contributed by atoms with van der Waals surface area (Å²) in [5.74, 6) is 0. The molecule has 0 aliphatic heterocycles. The highest BCUT2D eigenvalue weighted by Gasteiger charge is 2.18. The lowest BCUT2D eigenvalue weighted by Gasteiger charge is -2.10. The van der Waals surface area contributed by atoms with Crippen LogP contribution in [0.2, 0.25) is 5.02 Å². The first-order valence-electron chi connectivity index (χ1n) is 5.86. The molecule has 1 aliphatic rings. The summed E-state index contributed by atoms with van der Waals surface area (Å²) in [6.07, 6.45) is 3.75. The number of fused-ring (bicyclic) bond motifs is 1. The van der Waals surface area contributed by atoms with Crippen LogP contribution in [-0.4, -0.2) is 0 Å². The van der Waals surface area contributed by atoms with E-state index in [1.54, 1.807) is 0 Å². The molecule has 3 heteroatoms. The first kappa shape index (κ1) is 11.3. The molecule has 1 atom stereocenters. The van der Waals surface area contributed by atoms with Gasteiger partial charge in [-0.1, -0.05) is 23.7 Å². The fourth-order valence-electron chi connectivity index (χ4n) is 2.34. The predicted octanol–water partition coefficient (Wildman–Crippen LogP) is 3.94. The molecule has 1 unspecified atom stereocenters. The van der Waals surface area contributed by atoms with Crippen molar-refractivity contribution in [2.45, 2.75) is 25.3 Å². The van der Waals surface area contributed by atoms with Crippen molar-refractivity contribution in [2.75, 3.05) is 0 Å². The van der Waals surface area contributed by atoms with Crippen molar-refractivity contribution in [1.82, 2.24) is 0 Å². The number of benzene rings is 1. The van der Waals surface area contributed by atoms with Crippen LogP contribution in [0.3, 0.4) is 0 Å². The van der Waals surface area contributed by atoms with E-state index in [-0.39, 0.29) is 6.04 Å². The van der Waals surface area contributed by atoms with Crippen LogP contribution in [0.1, 0.15) is 33.3 Å². The van der Waals surface area contributed by atoms with Crippen LogP contribution >= 0.6 is 22.9 Å². The summed E-state index contributed by atoms with van der Waals surface area (Å²) in [5.41, 5.74) is 8.94. The van der Waals surface area contributed by atoms with E-state index in [1.807, 2.05) is 35.6 Å². The van der Waals surface area contributed by atoms with E-state index in [1.165, 1.54) is 34.6 Å². The zero-order valence-corrected chi connectivity index (χ0v) is 11.0. The van der Waals surface area contributed by atoms with Crippen LogP contribution in [0.25, 0.3) is 0 Å². The molecule has 1 aliphatic carbocycles. The molecular formula is C14H14ClNS. The first-order chi connectivity index (χ1) is 8.24.